The number of benzene rings is 2. The van der Waals surface area contributed by atoms with Crippen molar-refractivity contribution >= 4 is 5.69 Å². The Morgan fingerprint density at radius 1 is 0.706 bits per heavy atom. The van der Waals surface area contributed by atoms with Crippen molar-refractivity contribution < 1.29 is 18.9 Å². The van der Waals surface area contributed by atoms with Gasteiger partial charge in [0.1, 0.15) is 5.75 Å². The molecule has 0 saturated carbocycles. The van der Waals surface area contributed by atoms with Crippen LogP contribution in [-0.2, 0) is 0 Å². The molecule has 0 aliphatic heterocycles. The van der Waals surface area contributed by atoms with E-state index in [9.17, 15) is 0 Å². The summed E-state index contributed by atoms with van der Waals surface area (Å²) < 4.78 is 23.4. The summed E-state index contributed by atoms with van der Waals surface area (Å²) in [6, 6.07) is 9.76. The Balaban J connectivity index is 2.33. The molecule has 0 amide bonds. The number of nitrogens with zero attached hydrogens (tertiary/aromatic N) is 1. The third-order valence-electron chi connectivity index (χ3n) is 5.89. The second-order valence-electron chi connectivity index (χ2n) is 8.50. The Morgan fingerprint density at radius 3 is 1.82 bits per heavy atom. The van der Waals surface area contributed by atoms with E-state index in [1.165, 1.54) is 38.5 Å². The standard InChI is InChI=1S/C28H42N2O4/c1-5-7-9-11-13-19-33-25-21-24(22-15-17-23(31-3)18-16-22)27(28(32-4)26(25)30-29)34-20-14-12-10-8-6-2/h15-18,21,29H,5-14,19-20H2,1-4H3. The lowest BCUT2D eigenvalue weighted by Crippen LogP contribution is -2.04. The number of rotatable bonds is 18. The molecule has 0 radical (unpaired) electrons. The number of unbranched alkanes of at least 4 members (excludes halogenated alkanes) is 8. The Labute approximate surface area is 205 Å². The van der Waals surface area contributed by atoms with Crippen LogP contribution in [0.3, 0.4) is 0 Å². The Bertz CT molecular complexity index is 852. The highest BCUT2D eigenvalue weighted by Crippen LogP contribution is 2.50. The average Bonchev–Trinajstić information content (AvgIpc) is 2.87. The minimum atomic E-state index is 0.370. The molecular formula is C28H42N2O4. The van der Waals surface area contributed by atoms with Crippen LogP contribution in [0.2, 0.25) is 0 Å². The fourth-order valence-electron chi connectivity index (χ4n) is 3.91. The highest BCUT2D eigenvalue weighted by Gasteiger charge is 2.23. The smallest absolute Gasteiger partial charge is 0.192 e. The molecule has 0 unspecified atom stereocenters. The fraction of sp³-hybridized carbons (Fsp3) is 0.571. The highest BCUT2D eigenvalue weighted by atomic mass is 16.5. The third-order valence-corrected chi connectivity index (χ3v) is 5.89. The van der Waals surface area contributed by atoms with E-state index in [0.29, 0.717) is 36.1 Å². The van der Waals surface area contributed by atoms with Crippen LogP contribution < -0.4 is 18.9 Å². The molecule has 188 valence electrons. The lowest BCUT2D eigenvalue weighted by Gasteiger charge is -2.20. The maximum absolute atomic E-state index is 7.81. The molecule has 0 aliphatic rings. The molecule has 6 nitrogen and oxygen atoms in total. The molecule has 2 aromatic rings. The number of hydrogen-bond donors (Lipinski definition) is 1. The first-order chi connectivity index (χ1) is 16.7. The van der Waals surface area contributed by atoms with Crippen molar-refractivity contribution in [3.63, 3.8) is 0 Å². The van der Waals surface area contributed by atoms with Gasteiger partial charge in [0.15, 0.2) is 22.9 Å². The Hall–Kier alpha value is -2.76. The summed E-state index contributed by atoms with van der Waals surface area (Å²) in [5, 5.41) is 3.76. The summed E-state index contributed by atoms with van der Waals surface area (Å²) in [5.74, 6) is 2.38. The van der Waals surface area contributed by atoms with Gasteiger partial charge in [0.05, 0.1) is 27.4 Å². The molecule has 34 heavy (non-hydrogen) atoms. The van der Waals surface area contributed by atoms with Crippen LogP contribution in [0.4, 0.5) is 5.69 Å². The molecule has 0 fully saturated rings. The van der Waals surface area contributed by atoms with Gasteiger partial charge in [-0.3, -0.25) is 0 Å². The van der Waals surface area contributed by atoms with Crippen LogP contribution in [0.5, 0.6) is 23.0 Å². The molecule has 6 heteroatoms. The lowest BCUT2D eigenvalue weighted by molar-refractivity contribution is 0.280. The van der Waals surface area contributed by atoms with E-state index in [1.54, 1.807) is 14.2 Å². The van der Waals surface area contributed by atoms with Crippen LogP contribution in [0.1, 0.15) is 78.1 Å². The summed E-state index contributed by atoms with van der Waals surface area (Å²) in [6.45, 7) is 5.58. The van der Waals surface area contributed by atoms with Crippen LogP contribution >= 0.6 is 0 Å². The maximum atomic E-state index is 7.81. The van der Waals surface area contributed by atoms with Gasteiger partial charge in [-0.15, -0.1) is 0 Å². The molecule has 0 aromatic heterocycles. The fourth-order valence-corrected chi connectivity index (χ4v) is 3.91. The van der Waals surface area contributed by atoms with Gasteiger partial charge in [-0.2, -0.15) is 5.11 Å². The molecule has 0 bridgehead atoms. The predicted molar refractivity (Wildman–Crippen MR) is 138 cm³/mol. The Kier molecular flexibility index (Phi) is 12.9. The predicted octanol–water partition coefficient (Wildman–Crippen LogP) is 8.73. The zero-order valence-corrected chi connectivity index (χ0v) is 21.5. The van der Waals surface area contributed by atoms with Gasteiger partial charge in [0, 0.05) is 5.56 Å². The van der Waals surface area contributed by atoms with Crippen LogP contribution in [-0.4, -0.2) is 27.4 Å². The zero-order valence-electron chi connectivity index (χ0n) is 21.5. The number of hydrogen-bond acceptors (Lipinski definition) is 6. The second-order valence-corrected chi connectivity index (χ2v) is 8.50. The van der Waals surface area contributed by atoms with Gasteiger partial charge < -0.3 is 18.9 Å². The normalized spacial score (nSPS) is 10.7. The first-order valence-corrected chi connectivity index (χ1v) is 12.7. The SMILES string of the molecule is CCCCCCCOc1cc(-c2ccc(OC)cc2)c(OCCCCCCC)c(OC)c1N=N. The number of ether oxygens (including phenoxy) is 4. The van der Waals surface area contributed by atoms with Crippen molar-refractivity contribution in [1.29, 1.82) is 5.53 Å². The Morgan fingerprint density at radius 2 is 1.29 bits per heavy atom. The first-order valence-electron chi connectivity index (χ1n) is 12.7. The van der Waals surface area contributed by atoms with Crippen LogP contribution in [0.15, 0.2) is 35.4 Å². The van der Waals surface area contributed by atoms with Crippen LogP contribution in [0, 0.1) is 5.53 Å². The summed E-state index contributed by atoms with van der Waals surface area (Å²) in [6.07, 6.45) is 11.5. The van der Waals surface area contributed by atoms with Crippen molar-refractivity contribution in [2.75, 3.05) is 27.4 Å². The molecule has 0 aliphatic carbocycles. The van der Waals surface area contributed by atoms with Gasteiger partial charge in [0.25, 0.3) is 0 Å². The monoisotopic (exact) mass is 470 g/mol. The highest BCUT2D eigenvalue weighted by molar-refractivity contribution is 5.82. The number of methoxy groups -OCH3 is 2. The van der Waals surface area contributed by atoms with Crippen molar-refractivity contribution in [2.24, 2.45) is 5.11 Å². The molecule has 0 saturated heterocycles. The lowest BCUT2D eigenvalue weighted by atomic mass is 10.0. The van der Waals surface area contributed by atoms with Crippen molar-refractivity contribution in [1.82, 2.24) is 0 Å². The van der Waals surface area contributed by atoms with Gasteiger partial charge in [-0.1, -0.05) is 77.3 Å². The number of nitrogens with one attached hydrogen (secondary N) is 1. The topological polar surface area (TPSA) is 73.1 Å². The third kappa shape index (κ3) is 8.23. The van der Waals surface area contributed by atoms with Gasteiger partial charge in [0.2, 0.25) is 0 Å². The zero-order chi connectivity index (χ0) is 24.6. The van der Waals surface area contributed by atoms with Crippen LogP contribution in [0.25, 0.3) is 11.1 Å². The minimum absolute atomic E-state index is 0.370. The summed E-state index contributed by atoms with van der Waals surface area (Å²) in [7, 11) is 3.24. The largest absolute Gasteiger partial charge is 0.497 e. The quantitative estimate of drug-likeness (QED) is 0.175. The average molecular weight is 471 g/mol. The van der Waals surface area contributed by atoms with Gasteiger partial charge >= 0.3 is 0 Å². The first kappa shape index (κ1) is 27.5. The molecule has 2 rings (SSSR count). The van der Waals surface area contributed by atoms with Gasteiger partial charge in [-0.05, 0) is 36.6 Å². The van der Waals surface area contributed by atoms with E-state index in [2.05, 4.69) is 19.0 Å². The molecule has 2 aromatic carbocycles. The summed E-state index contributed by atoms with van der Waals surface area (Å²) >= 11 is 0. The molecule has 0 spiro atoms. The molecule has 0 atom stereocenters. The van der Waals surface area contributed by atoms with E-state index in [-0.39, 0.29) is 0 Å². The summed E-state index contributed by atoms with van der Waals surface area (Å²) in [4.78, 5) is 0. The van der Waals surface area contributed by atoms with Crippen molar-refractivity contribution in [2.45, 2.75) is 78.1 Å². The second kappa shape index (κ2) is 16.0. The molecule has 1 N–H and O–H groups in total. The van der Waals surface area contributed by atoms with E-state index in [0.717, 1.165) is 42.6 Å². The van der Waals surface area contributed by atoms with E-state index < -0.39 is 0 Å². The van der Waals surface area contributed by atoms with Gasteiger partial charge in [-0.25, -0.2) is 5.53 Å². The molecular weight excluding hydrogens is 428 g/mol. The molecule has 0 heterocycles. The van der Waals surface area contributed by atoms with E-state index in [4.69, 9.17) is 24.5 Å². The van der Waals surface area contributed by atoms with E-state index in [1.807, 2.05) is 30.3 Å². The summed E-state index contributed by atoms with van der Waals surface area (Å²) in [5.41, 5.74) is 10.0. The van der Waals surface area contributed by atoms with E-state index >= 15 is 0 Å². The van der Waals surface area contributed by atoms with Crippen molar-refractivity contribution in [3.8, 4) is 34.1 Å². The maximum Gasteiger partial charge on any atom is 0.192 e. The van der Waals surface area contributed by atoms with Crippen molar-refractivity contribution in [3.05, 3.63) is 30.3 Å². The minimum Gasteiger partial charge on any atom is -0.497 e.